The zero-order valence-corrected chi connectivity index (χ0v) is 15.7. The number of rotatable bonds is 8. The molecule has 0 unspecified atom stereocenters. The third-order valence-corrected chi connectivity index (χ3v) is 4.31. The second-order valence-electron chi connectivity index (χ2n) is 5.52. The van der Waals surface area contributed by atoms with Crippen LogP contribution in [0.15, 0.2) is 59.1 Å². The first-order chi connectivity index (χ1) is 12.1. The number of hydrogen-bond acceptors (Lipinski definition) is 4. The fourth-order valence-corrected chi connectivity index (χ4v) is 2.69. The lowest BCUT2D eigenvalue weighted by Crippen LogP contribution is -2.31. The van der Waals surface area contributed by atoms with Crippen LogP contribution in [0.2, 0.25) is 0 Å². The standard InChI is InChI=1S/C19H21BrN2O3/c1-22(15-8-3-2-4-9-15)13-7-12-21-18(23)14-25-19(24)16-10-5-6-11-17(16)20/h2-6,8-11H,7,12-14H2,1H3,(H,21,23). The minimum Gasteiger partial charge on any atom is -0.452 e. The molecule has 6 heteroatoms. The molecule has 0 saturated carbocycles. The summed E-state index contributed by atoms with van der Waals surface area (Å²) in [5, 5.41) is 2.76. The van der Waals surface area contributed by atoms with Crippen LogP contribution in [0.4, 0.5) is 5.69 Å². The zero-order valence-electron chi connectivity index (χ0n) is 14.1. The quantitative estimate of drug-likeness (QED) is 0.541. The Bertz CT molecular complexity index is 707. The molecule has 0 bridgehead atoms. The first-order valence-corrected chi connectivity index (χ1v) is 8.82. The van der Waals surface area contributed by atoms with Gasteiger partial charge in [0.05, 0.1) is 5.56 Å². The fraction of sp³-hybridized carbons (Fsp3) is 0.263. The number of nitrogens with one attached hydrogen (secondary N) is 1. The summed E-state index contributed by atoms with van der Waals surface area (Å²) in [4.78, 5) is 25.8. The smallest absolute Gasteiger partial charge is 0.339 e. The largest absolute Gasteiger partial charge is 0.452 e. The van der Waals surface area contributed by atoms with Crippen molar-refractivity contribution in [2.45, 2.75) is 6.42 Å². The molecule has 0 atom stereocenters. The molecule has 0 radical (unpaired) electrons. The number of esters is 1. The van der Waals surface area contributed by atoms with Crippen molar-refractivity contribution < 1.29 is 14.3 Å². The molecule has 1 N–H and O–H groups in total. The number of carbonyl (C=O) groups excluding carboxylic acids is 2. The van der Waals surface area contributed by atoms with Gasteiger partial charge in [-0.3, -0.25) is 4.79 Å². The van der Waals surface area contributed by atoms with Crippen LogP contribution in [0.5, 0.6) is 0 Å². The van der Waals surface area contributed by atoms with Gasteiger partial charge in [0, 0.05) is 30.3 Å². The summed E-state index contributed by atoms with van der Waals surface area (Å²) in [6, 6.07) is 17.0. The van der Waals surface area contributed by atoms with Crippen molar-refractivity contribution in [2.75, 3.05) is 31.6 Å². The third kappa shape index (κ3) is 6.23. The topological polar surface area (TPSA) is 58.6 Å². The Kier molecular flexibility index (Phi) is 7.47. The van der Waals surface area contributed by atoms with Crippen molar-refractivity contribution in [2.24, 2.45) is 0 Å². The average Bonchev–Trinajstić information content (AvgIpc) is 2.64. The maximum Gasteiger partial charge on any atom is 0.339 e. The summed E-state index contributed by atoms with van der Waals surface area (Å²) in [7, 11) is 2.01. The second-order valence-corrected chi connectivity index (χ2v) is 6.37. The molecule has 2 aromatic carbocycles. The Hall–Kier alpha value is -2.34. The Morgan fingerprint density at radius 3 is 2.48 bits per heavy atom. The van der Waals surface area contributed by atoms with Gasteiger partial charge in [-0.1, -0.05) is 30.3 Å². The molecule has 132 valence electrons. The third-order valence-electron chi connectivity index (χ3n) is 3.62. The van der Waals surface area contributed by atoms with E-state index in [1.807, 2.05) is 37.4 Å². The van der Waals surface area contributed by atoms with Crippen LogP contribution in [0.3, 0.4) is 0 Å². The fourth-order valence-electron chi connectivity index (χ4n) is 2.24. The number of carbonyl (C=O) groups is 2. The van der Waals surface area contributed by atoms with Gasteiger partial charge in [0.15, 0.2) is 6.61 Å². The molecule has 0 saturated heterocycles. The number of ether oxygens (including phenoxy) is 1. The summed E-state index contributed by atoms with van der Waals surface area (Å²) < 4.78 is 5.67. The summed E-state index contributed by atoms with van der Waals surface area (Å²) in [6.45, 7) is 1.07. The molecule has 0 aliphatic rings. The van der Waals surface area contributed by atoms with Crippen molar-refractivity contribution in [1.29, 1.82) is 0 Å². The highest BCUT2D eigenvalue weighted by Gasteiger charge is 2.12. The van der Waals surface area contributed by atoms with Gasteiger partial charge < -0.3 is 15.0 Å². The van der Waals surface area contributed by atoms with Gasteiger partial charge in [0.25, 0.3) is 5.91 Å². The summed E-state index contributed by atoms with van der Waals surface area (Å²) in [5.74, 6) is -0.825. The number of halogens is 1. The van der Waals surface area contributed by atoms with Gasteiger partial charge in [-0.05, 0) is 46.6 Å². The number of benzene rings is 2. The first kappa shape index (κ1) is 19.0. The molecule has 0 spiro atoms. The van der Waals surface area contributed by atoms with Crippen LogP contribution in [-0.4, -0.2) is 38.6 Å². The van der Waals surface area contributed by atoms with E-state index < -0.39 is 5.97 Å². The lowest BCUT2D eigenvalue weighted by Gasteiger charge is -2.19. The second kappa shape index (κ2) is 9.84. The molecule has 2 rings (SSSR count). The molecule has 0 aliphatic heterocycles. The van der Waals surface area contributed by atoms with Crippen molar-refractivity contribution in [3.8, 4) is 0 Å². The van der Waals surface area contributed by atoms with Crippen LogP contribution in [0.1, 0.15) is 16.8 Å². The average molecular weight is 405 g/mol. The Balaban J connectivity index is 1.64. The molecule has 5 nitrogen and oxygen atoms in total. The highest BCUT2D eigenvalue weighted by molar-refractivity contribution is 9.10. The number of anilines is 1. The van der Waals surface area contributed by atoms with Crippen LogP contribution < -0.4 is 10.2 Å². The summed E-state index contributed by atoms with van der Waals surface area (Å²) in [5.41, 5.74) is 1.54. The number of amides is 1. The molecule has 2 aromatic rings. The van der Waals surface area contributed by atoms with E-state index in [0.29, 0.717) is 16.6 Å². The van der Waals surface area contributed by atoms with E-state index in [0.717, 1.165) is 18.7 Å². The van der Waals surface area contributed by atoms with E-state index in [4.69, 9.17) is 4.74 Å². The van der Waals surface area contributed by atoms with Crippen LogP contribution in [0.25, 0.3) is 0 Å². The maximum atomic E-state index is 11.9. The number of hydrogen-bond donors (Lipinski definition) is 1. The number of para-hydroxylation sites is 1. The molecular formula is C19H21BrN2O3. The molecular weight excluding hydrogens is 384 g/mol. The normalized spacial score (nSPS) is 10.2. The SMILES string of the molecule is CN(CCCNC(=O)COC(=O)c1ccccc1Br)c1ccccc1. The van der Waals surface area contributed by atoms with E-state index in [1.165, 1.54) is 0 Å². The van der Waals surface area contributed by atoms with Gasteiger partial charge in [0.2, 0.25) is 0 Å². The monoisotopic (exact) mass is 404 g/mol. The van der Waals surface area contributed by atoms with E-state index in [-0.39, 0.29) is 12.5 Å². The van der Waals surface area contributed by atoms with Gasteiger partial charge >= 0.3 is 5.97 Å². The Morgan fingerprint density at radius 1 is 1.08 bits per heavy atom. The van der Waals surface area contributed by atoms with Crippen molar-refractivity contribution in [3.05, 3.63) is 64.6 Å². The van der Waals surface area contributed by atoms with E-state index in [2.05, 4.69) is 26.1 Å². The van der Waals surface area contributed by atoms with E-state index >= 15 is 0 Å². The molecule has 25 heavy (non-hydrogen) atoms. The van der Waals surface area contributed by atoms with Crippen molar-refractivity contribution in [1.82, 2.24) is 5.32 Å². The predicted molar refractivity (Wildman–Crippen MR) is 102 cm³/mol. The van der Waals surface area contributed by atoms with Crippen LogP contribution >= 0.6 is 15.9 Å². The zero-order chi connectivity index (χ0) is 18.1. The predicted octanol–water partition coefficient (Wildman–Crippen LogP) is 3.25. The van der Waals surface area contributed by atoms with Crippen LogP contribution in [-0.2, 0) is 9.53 Å². The molecule has 0 aliphatic carbocycles. The van der Waals surface area contributed by atoms with Crippen LogP contribution in [0, 0.1) is 0 Å². The van der Waals surface area contributed by atoms with Gasteiger partial charge in [-0.15, -0.1) is 0 Å². The summed E-state index contributed by atoms with van der Waals surface area (Å²) >= 11 is 3.28. The summed E-state index contributed by atoms with van der Waals surface area (Å²) in [6.07, 6.45) is 0.801. The molecule has 0 fully saturated rings. The Labute approximate surface area is 156 Å². The molecule has 1 amide bonds. The van der Waals surface area contributed by atoms with E-state index in [1.54, 1.807) is 24.3 Å². The van der Waals surface area contributed by atoms with E-state index in [9.17, 15) is 9.59 Å². The maximum absolute atomic E-state index is 11.9. The number of nitrogens with zero attached hydrogens (tertiary/aromatic N) is 1. The highest BCUT2D eigenvalue weighted by Crippen LogP contribution is 2.16. The van der Waals surface area contributed by atoms with Gasteiger partial charge in [-0.25, -0.2) is 4.79 Å². The highest BCUT2D eigenvalue weighted by atomic mass is 79.9. The van der Waals surface area contributed by atoms with Crippen molar-refractivity contribution >= 4 is 33.5 Å². The van der Waals surface area contributed by atoms with Gasteiger partial charge in [-0.2, -0.15) is 0 Å². The lowest BCUT2D eigenvalue weighted by atomic mass is 10.2. The van der Waals surface area contributed by atoms with Crippen molar-refractivity contribution in [3.63, 3.8) is 0 Å². The Morgan fingerprint density at radius 2 is 1.76 bits per heavy atom. The minimum absolute atomic E-state index is 0.283. The molecule has 0 heterocycles. The lowest BCUT2D eigenvalue weighted by molar-refractivity contribution is -0.124. The molecule has 0 aromatic heterocycles. The minimum atomic E-state index is -0.522. The first-order valence-electron chi connectivity index (χ1n) is 8.02. The van der Waals surface area contributed by atoms with Gasteiger partial charge in [0.1, 0.15) is 0 Å².